The van der Waals surface area contributed by atoms with E-state index in [4.69, 9.17) is 5.11 Å². The first-order valence-electron chi connectivity index (χ1n) is 6.70. The van der Waals surface area contributed by atoms with E-state index in [1.807, 2.05) is 30.5 Å². The molecule has 2 heterocycles. The number of nitrogens with zero attached hydrogens (tertiary/aromatic N) is 1. The Bertz CT molecular complexity index is 839. The Kier molecular flexibility index (Phi) is 4.31. The zero-order chi connectivity index (χ0) is 16.4. The molecule has 7 heteroatoms. The van der Waals surface area contributed by atoms with Crippen LogP contribution in [0, 0.1) is 6.92 Å². The van der Waals surface area contributed by atoms with Gasteiger partial charge in [-0.3, -0.25) is 4.79 Å². The lowest BCUT2D eigenvalue weighted by Gasteiger charge is -2.03. The fourth-order valence-corrected chi connectivity index (χ4v) is 3.51. The molecule has 0 aliphatic carbocycles. The van der Waals surface area contributed by atoms with Crippen molar-refractivity contribution < 1.29 is 14.7 Å². The standard InChI is InChI=1S/C16H12N2O3S2/c1-9-4-5-10(15(20)21)7-12(9)17-16-18-14(19)13(23-16)8-11-3-2-6-22-11/h2-8H,1H3,(H,20,21)(H,17,18,19). The summed E-state index contributed by atoms with van der Waals surface area (Å²) in [6.07, 6.45) is 1.81. The number of carbonyl (C=O) groups is 2. The minimum Gasteiger partial charge on any atom is -0.478 e. The summed E-state index contributed by atoms with van der Waals surface area (Å²) in [6, 6.07) is 8.58. The average molecular weight is 344 g/mol. The van der Waals surface area contributed by atoms with Crippen molar-refractivity contribution in [1.82, 2.24) is 5.32 Å². The van der Waals surface area contributed by atoms with Crippen LogP contribution in [-0.2, 0) is 4.79 Å². The second-order valence-electron chi connectivity index (χ2n) is 4.80. The molecular weight excluding hydrogens is 332 g/mol. The first-order chi connectivity index (χ1) is 11.0. The largest absolute Gasteiger partial charge is 0.478 e. The van der Waals surface area contributed by atoms with Crippen molar-refractivity contribution in [3.8, 4) is 0 Å². The van der Waals surface area contributed by atoms with E-state index in [1.54, 1.807) is 17.4 Å². The highest BCUT2D eigenvalue weighted by atomic mass is 32.2. The lowest BCUT2D eigenvalue weighted by atomic mass is 10.1. The van der Waals surface area contributed by atoms with E-state index >= 15 is 0 Å². The maximum atomic E-state index is 12.0. The van der Waals surface area contributed by atoms with Gasteiger partial charge in [0.1, 0.15) is 0 Å². The molecule has 2 aromatic rings. The number of aromatic carboxylic acids is 1. The van der Waals surface area contributed by atoms with Crippen LogP contribution in [0.1, 0.15) is 20.8 Å². The number of carboxylic acid groups (broad SMARTS) is 1. The maximum absolute atomic E-state index is 12.0. The highest BCUT2D eigenvalue weighted by Gasteiger charge is 2.24. The number of amidine groups is 1. The second kappa shape index (κ2) is 6.39. The van der Waals surface area contributed by atoms with Crippen LogP contribution in [0.15, 0.2) is 45.6 Å². The summed E-state index contributed by atoms with van der Waals surface area (Å²) >= 11 is 2.79. The Hall–Kier alpha value is -2.38. The number of carbonyl (C=O) groups excluding carboxylic acids is 1. The number of rotatable bonds is 3. The van der Waals surface area contributed by atoms with E-state index in [9.17, 15) is 9.59 Å². The van der Waals surface area contributed by atoms with Gasteiger partial charge in [-0.25, -0.2) is 9.79 Å². The van der Waals surface area contributed by atoms with Crippen LogP contribution in [0.2, 0.25) is 0 Å². The Balaban J connectivity index is 1.89. The molecule has 1 amide bonds. The van der Waals surface area contributed by atoms with Crippen molar-refractivity contribution in [2.45, 2.75) is 6.92 Å². The van der Waals surface area contributed by atoms with E-state index < -0.39 is 5.97 Å². The van der Waals surface area contributed by atoms with Gasteiger partial charge in [-0.05, 0) is 53.9 Å². The third-order valence-corrected chi connectivity index (χ3v) is 4.87. The van der Waals surface area contributed by atoms with Crippen LogP contribution in [-0.4, -0.2) is 22.2 Å². The molecular formula is C16H12N2O3S2. The Morgan fingerprint density at radius 3 is 2.87 bits per heavy atom. The van der Waals surface area contributed by atoms with Crippen molar-refractivity contribution in [1.29, 1.82) is 0 Å². The summed E-state index contributed by atoms with van der Waals surface area (Å²) in [5.41, 5.74) is 1.54. The van der Waals surface area contributed by atoms with Crippen molar-refractivity contribution in [3.63, 3.8) is 0 Å². The van der Waals surface area contributed by atoms with Crippen molar-refractivity contribution in [2.24, 2.45) is 4.99 Å². The molecule has 116 valence electrons. The molecule has 3 rings (SSSR count). The third kappa shape index (κ3) is 3.52. The molecule has 0 bridgehead atoms. The number of aliphatic imine (C=N–C) groups is 1. The molecule has 0 saturated carbocycles. The van der Waals surface area contributed by atoms with E-state index in [2.05, 4.69) is 10.3 Å². The molecule has 0 unspecified atom stereocenters. The zero-order valence-corrected chi connectivity index (χ0v) is 13.7. The fourth-order valence-electron chi connectivity index (χ4n) is 1.96. The van der Waals surface area contributed by atoms with Gasteiger partial charge in [-0.1, -0.05) is 12.1 Å². The van der Waals surface area contributed by atoms with Crippen LogP contribution in [0.4, 0.5) is 5.69 Å². The van der Waals surface area contributed by atoms with Gasteiger partial charge in [0.25, 0.3) is 5.91 Å². The number of carboxylic acids is 1. The van der Waals surface area contributed by atoms with E-state index in [-0.39, 0.29) is 11.5 Å². The molecule has 0 spiro atoms. The van der Waals surface area contributed by atoms with Crippen molar-refractivity contribution in [3.05, 3.63) is 56.6 Å². The molecule has 1 aliphatic rings. The predicted molar refractivity (Wildman–Crippen MR) is 93.3 cm³/mol. The van der Waals surface area contributed by atoms with Gasteiger partial charge in [0.05, 0.1) is 16.2 Å². The topological polar surface area (TPSA) is 78.8 Å². The number of benzene rings is 1. The monoisotopic (exact) mass is 344 g/mol. The van der Waals surface area contributed by atoms with Gasteiger partial charge in [0.15, 0.2) is 5.17 Å². The van der Waals surface area contributed by atoms with E-state index in [0.717, 1.165) is 10.4 Å². The van der Waals surface area contributed by atoms with Gasteiger partial charge < -0.3 is 10.4 Å². The number of hydrogen-bond donors (Lipinski definition) is 2. The zero-order valence-electron chi connectivity index (χ0n) is 12.1. The second-order valence-corrected chi connectivity index (χ2v) is 6.81. The van der Waals surface area contributed by atoms with Crippen LogP contribution < -0.4 is 5.32 Å². The molecule has 1 aromatic carbocycles. The minimum absolute atomic E-state index is 0.165. The summed E-state index contributed by atoms with van der Waals surface area (Å²) < 4.78 is 0. The van der Waals surface area contributed by atoms with Gasteiger partial charge in [-0.15, -0.1) is 11.3 Å². The number of thiophene rings is 1. The Morgan fingerprint density at radius 1 is 1.35 bits per heavy atom. The van der Waals surface area contributed by atoms with Crippen molar-refractivity contribution in [2.75, 3.05) is 0 Å². The first kappa shape index (κ1) is 15.5. The van der Waals surface area contributed by atoms with Gasteiger partial charge in [-0.2, -0.15) is 0 Å². The quantitative estimate of drug-likeness (QED) is 0.833. The van der Waals surface area contributed by atoms with Gasteiger partial charge >= 0.3 is 5.97 Å². The third-order valence-electron chi connectivity index (χ3n) is 3.15. The summed E-state index contributed by atoms with van der Waals surface area (Å²) in [5.74, 6) is -1.21. The Labute approximate surface area is 140 Å². The number of hydrogen-bond acceptors (Lipinski definition) is 5. The number of aryl methyl sites for hydroxylation is 1. The van der Waals surface area contributed by atoms with E-state index in [0.29, 0.717) is 15.8 Å². The lowest BCUT2D eigenvalue weighted by molar-refractivity contribution is -0.115. The summed E-state index contributed by atoms with van der Waals surface area (Å²) in [4.78, 5) is 29.0. The summed E-state index contributed by atoms with van der Waals surface area (Å²) in [7, 11) is 0. The predicted octanol–water partition coefficient (Wildman–Crippen LogP) is 3.65. The normalized spacial score (nSPS) is 17.7. The van der Waals surface area contributed by atoms with Crippen LogP contribution >= 0.6 is 23.1 Å². The minimum atomic E-state index is -1.01. The molecule has 1 aromatic heterocycles. The molecule has 2 N–H and O–H groups in total. The van der Waals surface area contributed by atoms with Gasteiger partial charge in [0.2, 0.25) is 0 Å². The first-order valence-corrected chi connectivity index (χ1v) is 8.39. The molecule has 5 nitrogen and oxygen atoms in total. The highest BCUT2D eigenvalue weighted by Crippen LogP contribution is 2.30. The molecule has 1 saturated heterocycles. The summed E-state index contributed by atoms with van der Waals surface area (Å²) in [5, 5.41) is 14.2. The molecule has 0 radical (unpaired) electrons. The number of nitrogens with one attached hydrogen (secondary N) is 1. The van der Waals surface area contributed by atoms with Crippen molar-refractivity contribution >= 4 is 51.9 Å². The van der Waals surface area contributed by atoms with E-state index in [1.165, 1.54) is 23.9 Å². The molecule has 1 aliphatic heterocycles. The molecule has 23 heavy (non-hydrogen) atoms. The van der Waals surface area contributed by atoms with Gasteiger partial charge in [0, 0.05) is 4.88 Å². The van der Waals surface area contributed by atoms with Crippen LogP contribution in [0.5, 0.6) is 0 Å². The lowest BCUT2D eigenvalue weighted by Crippen LogP contribution is -2.19. The molecule has 1 fully saturated rings. The summed E-state index contributed by atoms with van der Waals surface area (Å²) in [6.45, 7) is 1.84. The number of thioether (sulfide) groups is 1. The SMILES string of the molecule is Cc1ccc(C(=O)O)cc1N=C1NC(=O)C(=Cc2cccs2)S1. The average Bonchev–Trinajstić information content (AvgIpc) is 3.12. The maximum Gasteiger partial charge on any atom is 0.335 e. The highest BCUT2D eigenvalue weighted by molar-refractivity contribution is 8.18. The smallest absolute Gasteiger partial charge is 0.335 e. The fraction of sp³-hybridized carbons (Fsp3) is 0.0625. The molecule has 0 atom stereocenters. The number of amides is 1. The van der Waals surface area contributed by atoms with Crippen LogP contribution in [0.25, 0.3) is 6.08 Å². The Morgan fingerprint density at radius 2 is 2.17 bits per heavy atom. The van der Waals surface area contributed by atoms with Crippen LogP contribution in [0.3, 0.4) is 0 Å².